The molecule has 4 heteroatoms. The first-order valence-electron chi connectivity index (χ1n) is 1.34. The molecular weight excluding hydrogens is 122 g/mol. The van der Waals surface area contributed by atoms with Crippen LogP contribution in [0.1, 0.15) is 0 Å². The standard InChI is InChI=1S/C2H7O2P.ClH/c3-1-5-2-4;/h3-5H,1-2H2;1H. The van der Waals surface area contributed by atoms with Gasteiger partial charge in [-0.25, -0.2) is 0 Å². The van der Waals surface area contributed by atoms with Gasteiger partial charge in [-0.1, -0.05) is 8.58 Å². The third kappa shape index (κ3) is 8.82. The molecule has 0 aromatic rings. The van der Waals surface area contributed by atoms with Crippen LogP contribution in [0, 0.1) is 0 Å². The lowest BCUT2D eigenvalue weighted by Gasteiger charge is -1.80. The topological polar surface area (TPSA) is 40.5 Å². The molecule has 0 fully saturated rings. The van der Waals surface area contributed by atoms with Crippen molar-refractivity contribution in [2.24, 2.45) is 0 Å². The van der Waals surface area contributed by atoms with Crippen LogP contribution in [0.4, 0.5) is 0 Å². The van der Waals surface area contributed by atoms with Gasteiger partial charge in [0, 0.05) is 0 Å². The molecule has 0 bridgehead atoms. The second-order valence-corrected chi connectivity index (χ2v) is 1.70. The maximum Gasteiger partial charge on any atom is 0.0618 e. The van der Waals surface area contributed by atoms with E-state index >= 15 is 0 Å². The van der Waals surface area contributed by atoms with Crippen molar-refractivity contribution in [1.29, 1.82) is 0 Å². The summed E-state index contributed by atoms with van der Waals surface area (Å²) in [6, 6.07) is 0. The molecule has 2 N–H and O–H groups in total. The van der Waals surface area contributed by atoms with Gasteiger partial charge in [0.25, 0.3) is 0 Å². The highest BCUT2D eigenvalue weighted by atomic mass is 35.5. The summed E-state index contributed by atoms with van der Waals surface area (Å²) in [5, 5.41) is 15.8. The highest BCUT2D eigenvalue weighted by Crippen LogP contribution is 2.00. The van der Waals surface area contributed by atoms with Crippen LogP contribution in [0.3, 0.4) is 0 Å². The van der Waals surface area contributed by atoms with E-state index < -0.39 is 0 Å². The minimum atomic E-state index is 0. The summed E-state index contributed by atoms with van der Waals surface area (Å²) in [6.45, 7) is 0. The molecule has 2 nitrogen and oxygen atoms in total. The normalized spacial score (nSPS) is 7.00. The molecule has 0 amide bonds. The lowest BCUT2D eigenvalue weighted by molar-refractivity contribution is 0.348. The first kappa shape index (κ1) is 9.81. The van der Waals surface area contributed by atoms with Crippen molar-refractivity contribution in [2.45, 2.75) is 0 Å². The molecule has 0 unspecified atom stereocenters. The number of aliphatic hydroxyl groups is 2. The van der Waals surface area contributed by atoms with Crippen LogP contribution in [-0.4, -0.2) is 22.9 Å². The third-order valence-corrected chi connectivity index (χ3v) is 0.671. The predicted octanol–water partition coefficient (Wildman–Crippen LogP) is -0.0137. The van der Waals surface area contributed by atoms with Gasteiger partial charge in [0.2, 0.25) is 0 Å². The summed E-state index contributed by atoms with van der Waals surface area (Å²) in [4.78, 5) is 0. The van der Waals surface area contributed by atoms with Gasteiger partial charge in [-0.2, -0.15) is 0 Å². The second-order valence-electron chi connectivity index (χ2n) is 0.566. The molecule has 0 aromatic heterocycles. The van der Waals surface area contributed by atoms with Crippen LogP contribution in [-0.2, 0) is 0 Å². The van der Waals surface area contributed by atoms with E-state index in [1.165, 1.54) is 0 Å². The number of aliphatic hydroxyl groups excluding tert-OH is 2. The minimum Gasteiger partial charge on any atom is -0.392 e. The fraction of sp³-hybridized carbons (Fsp3) is 1.00. The Balaban J connectivity index is 0. The molecule has 40 valence electrons. The van der Waals surface area contributed by atoms with Crippen molar-refractivity contribution < 1.29 is 10.2 Å². The van der Waals surface area contributed by atoms with E-state index in [9.17, 15) is 0 Å². The minimum absolute atomic E-state index is 0. The third-order valence-electron chi connectivity index (χ3n) is 0.224. The van der Waals surface area contributed by atoms with Crippen molar-refractivity contribution in [1.82, 2.24) is 0 Å². The van der Waals surface area contributed by atoms with Gasteiger partial charge in [0.1, 0.15) is 0 Å². The SMILES string of the molecule is Cl.OCPCO. The summed E-state index contributed by atoms with van der Waals surface area (Å²) in [5.41, 5.74) is 0. The zero-order chi connectivity index (χ0) is 4.12. The largest absolute Gasteiger partial charge is 0.392 e. The van der Waals surface area contributed by atoms with Gasteiger partial charge >= 0.3 is 0 Å². The second kappa shape index (κ2) is 9.16. The van der Waals surface area contributed by atoms with E-state index in [0.717, 1.165) is 0 Å². The smallest absolute Gasteiger partial charge is 0.0618 e. The Labute approximate surface area is 44.8 Å². The quantitative estimate of drug-likeness (QED) is 0.516. The number of rotatable bonds is 2. The van der Waals surface area contributed by atoms with Crippen LogP contribution < -0.4 is 0 Å². The Bertz CT molecular complexity index is 19.0. The van der Waals surface area contributed by atoms with Crippen LogP contribution in [0.25, 0.3) is 0 Å². The van der Waals surface area contributed by atoms with Gasteiger partial charge in [-0.15, -0.1) is 12.4 Å². The molecule has 0 spiro atoms. The Hall–Kier alpha value is 0.640. The van der Waals surface area contributed by atoms with Gasteiger partial charge in [0.15, 0.2) is 0 Å². The van der Waals surface area contributed by atoms with E-state index in [1.54, 1.807) is 0 Å². The monoisotopic (exact) mass is 130 g/mol. The summed E-state index contributed by atoms with van der Waals surface area (Å²) >= 11 is 0. The Kier molecular flexibility index (Phi) is 15.0. The van der Waals surface area contributed by atoms with Crippen LogP contribution in [0.15, 0.2) is 0 Å². The van der Waals surface area contributed by atoms with Crippen LogP contribution >= 0.6 is 21.0 Å². The number of hydrogen-bond donors (Lipinski definition) is 2. The molecule has 6 heavy (non-hydrogen) atoms. The first-order valence-corrected chi connectivity index (χ1v) is 2.75. The molecule has 0 saturated heterocycles. The fourth-order valence-corrected chi connectivity index (χ4v) is 0.150. The van der Waals surface area contributed by atoms with Gasteiger partial charge in [-0.3, -0.25) is 0 Å². The fourth-order valence-electron chi connectivity index (χ4n) is 0.0500. The maximum absolute atomic E-state index is 7.92. The lowest BCUT2D eigenvalue weighted by Crippen LogP contribution is -1.70. The van der Waals surface area contributed by atoms with E-state index in [2.05, 4.69) is 0 Å². The number of halogens is 1. The van der Waals surface area contributed by atoms with Crippen molar-refractivity contribution in [3.8, 4) is 0 Å². The molecule has 0 aliphatic rings. The molecule has 0 rings (SSSR count). The Morgan fingerprint density at radius 2 is 1.50 bits per heavy atom. The Morgan fingerprint density at radius 3 is 1.50 bits per heavy atom. The molecule has 0 aliphatic heterocycles. The van der Waals surface area contributed by atoms with Crippen molar-refractivity contribution in [3.63, 3.8) is 0 Å². The van der Waals surface area contributed by atoms with E-state index in [0.29, 0.717) is 8.58 Å². The van der Waals surface area contributed by atoms with Crippen molar-refractivity contribution in [2.75, 3.05) is 12.7 Å². The van der Waals surface area contributed by atoms with Crippen LogP contribution in [0.5, 0.6) is 0 Å². The van der Waals surface area contributed by atoms with Crippen LogP contribution in [0.2, 0.25) is 0 Å². The van der Waals surface area contributed by atoms with E-state index in [1.807, 2.05) is 0 Å². The average Bonchev–Trinajstić information content (AvgIpc) is 1.41. The van der Waals surface area contributed by atoms with Gasteiger partial charge in [-0.05, 0) is 0 Å². The maximum atomic E-state index is 7.92. The summed E-state index contributed by atoms with van der Waals surface area (Å²) in [7, 11) is 0.309. The molecule has 0 aliphatic carbocycles. The molecule has 0 radical (unpaired) electrons. The van der Waals surface area contributed by atoms with Gasteiger partial charge < -0.3 is 10.2 Å². The molecule has 0 heterocycles. The molecular formula is C2H8ClO2P. The number of hydrogen-bond acceptors (Lipinski definition) is 2. The highest BCUT2D eigenvalue weighted by Gasteiger charge is 1.69. The predicted molar refractivity (Wildman–Crippen MR) is 29.7 cm³/mol. The Morgan fingerprint density at radius 1 is 1.17 bits per heavy atom. The lowest BCUT2D eigenvalue weighted by atomic mass is 11.7. The zero-order valence-corrected chi connectivity index (χ0v) is 5.03. The molecule has 0 aromatic carbocycles. The summed E-state index contributed by atoms with van der Waals surface area (Å²) in [5.74, 6) is 0. The van der Waals surface area contributed by atoms with E-state index in [4.69, 9.17) is 10.2 Å². The first-order chi connectivity index (χ1) is 2.41. The average molecular weight is 131 g/mol. The van der Waals surface area contributed by atoms with Crippen molar-refractivity contribution in [3.05, 3.63) is 0 Å². The highest BCUT2D eigenvalue weighted by molar-refractivity contribution is 7.37. The molecule has 0 atom stereocenters. The summed E-state index contributed by atoms with van der Waals surface area (Å²) in [6.07, 6.45) is 0.243. The van der Waals surface area contributed by atoms with Crippen molar-refractivity contribution >= 4 is 21.0 Å². The van der Waals surface area contributed by atoms with Gasteiger partial charge in [0.05, 0.1) is 12.7 Å². The summed E-state index contributed by atoms with van der Waals surface area (Å²) < 4.78 is 0. The zero-order valence-electron chi connectivity index (χ0n) is 3.22. The van der Waals surface area contributed by atoms with E-state index in [-0.39, 0.29) is 25.1 Å². The molecule has 0 saturated carbocycles.